The van der Waals surface area contributed by atoms with Gasteiger partial charge in [0, 0.05) is 10.7 Å². The Labute approximate surface area is 147 Å². The van der Waals surface area contributed by atoms with Gasteiger partial charge in [0.1, 0.15) is 5.75 Å². The highest BCUT2D eigenvalue weighted by Gasteiger charge is 2.13. The molecule has 0 radical (unpaired) electrons. The van der Waals surface area contributed by atoms with Crippen molar-refractivity contribution in [1.29, 1.82) is 0 Å². The van der Waals surface area contributed by atoms with Crippen LogP contribution in [0.15, 0.2) is 48.5 Å². The van der Waals surface area contributed by atoms with Crippen molar-refractivity contribution in [3.63, 3.8) is 0 Å². The van der Waals surface area contributed by atoms with Crippen LogP contribution in [0.25, 0.3) is 10.6 Å². The quantitative estimate of drug-likeness (QED) is 0.717. The van der Waals surface area contributed by atoms with Crippen LogP contribution in [0.2, 0.25) is 5.02 Å². The number of carbonyl (C=O) groups excluding carboxylic acids is 1. The monoisotopic (exact) mass is 360 g/mol. The van der Waals surface area contributed by atoms with Crippen LogP contribution in [0.4, 0.5) is 15.6 Å². The third-order valence-corrected chi connectivity index (χ3v) is 4.21. The Hall–Kier alpha value is -2.64. The summed E-state index contributed by atoms with van der Waals surface area (Å²) in [5.41, 5.74) is 1.45. The van der Waals surface area contributed by atoms with Gasteiger partial charge in [-0.25, -0.2) is 4.79 Å². The molecule has 2 amide bonds. The fourth-order valence-corrected chi connectivity index (χ4v) is 2.89. The van der Waals surface area contributed by atoms with E-state index in [-0.39, 0.29) is 0 Å². The van der Waals surface area contributed by atoms with Crippen LogP contribution in [0.3, 0.4) is 0 Å². The second-order valence-electron chi connectivity index (χ2n) is 4.70. The van der Waals surface area contributed by atoms with Gasteiger partial charge < -0.3 is 10.1 Å². The summed E-state index contributed by atoms with van der Waals surface area (Å²) in [7, 11) is 1.60. The first-order valence-corrected chi connectivity index (χ1v) is 8.15. The maximum absolute atomic E-state index is 12.0. The van der Waals surface area contributed by atoms with Gasteiger partial charge in [-0.05, 0) is 36.4 Å². The van der Waals surface area contributed by atoms with Crippen molar-refractivity contribution in [2.75, 3.05) is 17.7 Å². The van der Waals surface area contributed by atoms with Gasteiger partial charge in [0.25, 0.3) is 0 Å². The van der Waals surface area contributed by atoms with E-state index in [0.29, 0.717) is 26.6 Å². The van der Waals surface area contributed by atoms with Crippen LogP contribution in [0, 0.1) is 0 Å². The summed E-state index contributed by atoms with van der Waals surface area (Å²) in [6.45, 7) is 0. The number of urea groups is 1. The molecular formula is C16H13ClN4O2S. The number of hydrogen-bond donors (Lipinski definition) is 2. The van der Waals surface area contributed by atoms with Crippen LogP contribution >= 0.6 is 22.9 Å². The van der Waals surface area contributed by atoms with E-state index in [1.807, 2.05) is 24.3 Å². The Morgan fingerprint density at radius 1 is 1.08 bits per heavy atom. The van der Waals surface area contributed by atoms with Gasteiger partial charge in [-0.1, -0.05) is 35.1 Å². The zero-order chi connectivity index (χ0) is 16.9. The molecule has 0 aliphatic heterocycles. The van der Waals surface area contributed by atoms with E-state index in [4.69, 9.17) is 16.3 Å². The zero-order valence-electron chi connectivity index (χ0n) is 12.6. The molecule has 2 aromatic carbocycles. The van der Waals surface area contributed by atoms with Crippen LogP contribution in [0.5, 0.6) is 5.75 Å². The molecule has 1 heterocycles. The number of anilines is 2. The number of methoxy groups -OCH3 is 1. The number of amides is 2. The first-order valence-electron chi connectivity index (χ1n) is 6.96. The van der Waals surface area contributed by atoms with E-state index in [9.17, 15) is 4.79 Å². The van der Waals surface area contributed by atoms with E-state index >= 15 is 0 Å². The van der Waals surface area contributed by atoms with Crippen LogP contribution < -0.4 is 15.4 Å². The summed E-state index contributed by atoms with van der Waals surface area (Å²) in [6, 6.07) is 13.9. The van der Waals surface area contributed by atoms with Gasteiger partial charge in [-0.15, -0.1) is 10.2 Å². The van der Waals surface area contributed by atoms with Crippen molar-refractivity contribution in [1.82, 2.24) is 10.2 Å². The average molecular weight is 361 g/mol. The number of halogens is 1. The highest BCUT2D eigenvalue weighted by molar-refractivity contribution is 7.18. The lowest BCUT2D eigenvalue weighted by atomic mass is 10.2. The number of nitrogens with zero attached hydrogens (tertiary/aromatic N) is 2. The molecule has 0 atom stereocenters. The predicted octanol–water partition coefficient (Wildman–Crippen LogP) is 4.51. The van der Waals surface area contributed by atoms with Gasteiger partial charge >= 0.3 is 6.03 Å². The highest BCUT2D eigenvalue weighted by Crippen LogP contribution is 2.33. The summed E-state index contributed by atoms with van der Waals surface area (Å²) in [5.74, 6) is 0.700. The number of hydrogen-bond acceptors (Lipinski definition) is 5. The van der Waals surface area contributed by atoms with E-state index < -0.39 is 6.03 Å². The smallest absolute Gasteiger partial charge is 0.325 e. The Morgan fingerprint density at radius 2 is 1.83 bits per heavy atom. The van der Waals surface area contributed by atoms with Gasteiger partial charge in [0.05, 0.1) is 12.7 Å². The molecule has 0 saturated carbocycles. The molecule has 0 aliphatic carbocycles. The minimum atomic E-state index is -0.403. The number of aromatic nitrogens is 2. The Kier molecular flexibility index (Phi) is 4.93. The van der Waals surface area contributed by atoms with E-state index in [0.717, 1.165) is 5.56 Å². The molecule has 0 unspecified atom stereocenters. The fraction of sp³-hybridized carbons (Fsp3) is 0.0625. The summed E-state index contributed by atoms with van der Waals surface area (Å²) < 4.78 is 5.31. The standard InChI is InChI=1S/C16H13ClN4O2S/c1-23-13-5-3-2-4-12(13)14-20-21-16(24-14)19-15(22)18-11-8-6-10(17)7-9-11/h2-9H,1H3,(H2,18,19,21,22). The molecule has 122 valence electrons. The van der Waals surface area contributed by atoms with E-state index in [1.54, 1.807) is 31.4 Å². The van der Waals surface area contributed by atoms with E-state index in [2.05, 4.69) is 20.8 Å². The van der Waals surface area contributed by atoms with E-state index in [1.165, 1.54) is 11.3 Å². The zero-order valence-corrected chi connectivity index (χ0v) is 14.2. The minimum Gasteiger partial charge on any atom is -0.496 e. The number of nitrogens with one attached hydrogen (secondary N) is 2. The topological polar surface area (TPSA) is 76.1 Å². The maximum Gasteiger partial charge on any atom is 0.325 e. The first kappa shape index (κ1) is 16.2. The van der Waals surface area contributed by atoms with Gasteiger partial charge in [-0.2, -0.15) is 0 Å². The Balaban J connectivity index is 1.69. The molecule has 0 fully saturated rings. The molecule has 3 aromatic rings. The first-order chi connectivity index (χ1) is 11.7. The molecule has 6 nitrogen and oxygen atoms in total. The van der Waals surface area contributed by atoms with Crippen molar-refractivity contribution in [2.45, 2.75) is 0 Å². The van der Waals surface area contributed by atoms with Crippen molar-refractivity contribution >= 4 is 39.8 Å². The predicted molar refractivity (Wildman–Crippen MR) is 96.0 cm³/mol. The van der Waals surface area contributed by atoms with Gasteiger partial charge in [0.2, 0.25) is 5.13 Å². The second-order valence-corrected chi connectivity index (χ2v) is 6.11. The summed E-state index contributed by atoms with van der Waals surface area (Å²) >= 11 is 7.07. The number of ether oxygens (including phenoxy) is 1. The molecule has 24 heavy (non-hydrogen) atoms. The highest BCUT2D eigenvalue weighted by atomic mass is 35.5. The van der Waals surface area contributed by atoms with Crippen molar-refractivity contribution in [3.8, 4) is 16.3 Å². The van der Waals surface area contributed by atoms with Crippen molar-refractivity contribution in [2.24, 2.45) is 0 Å². The normalized spacial score (nSPS) is 10.2. The number of benzene rings is 2. The Bertz CT molecular complexity index is 851. The number of carbonyl (C=O) groups is 1. The van der Waals surface area contributed by atoms with Crippen molar-refractivity contribution in [3.05, 3.63) is 53.6 Å². The molecule has 3 rings (SSSR count). The average Bonchev–Trinajstić information content (AvgIpc) is 3.05. The molecule has 2 N–H and O–H groups in total. The SMILES string of the molecule is COc1ccccc1-c1nnc(NC(=O)Nc2ccc(Cl)cc2)s1. The van der Waals surface area contributed by atoms with Crippen LogP contribution in [-0.2, 0) is 0 Å². The lowest BCUT2D eigenvalue weighted by molar-refractivity contribution is 0.262. The van der Waals surface area contributed by atoms with Crippen molar-refractivity contribution < 1.29 is 9.53 Å². The molecule has 8 heteroatoms. The van der Waals surface area contributed by atoms with Gasteiger partial charge in [-0.3, -0.25) is 5.32 Å². The largest absolute Gasteiger partial charge is 0.496 e. The summed E-state index contributed by atoms with van der Waals surface area (Å²) in [5, 5.41) is 15.1. The molecule has 0 saturated heterocycles. The summed E-state index contributed by atoms with van der Waals surface area (Å²) in [6.07, 6.45) is 0. The third-order valence-electron chi connectivity index (χ3n) is 3.08. The van der Waals surface area contributed by atoms with Crippen LogP contribution in [-0.4, -0.2) is 23.3 Å². The molecular weight excluding hydrogens is 348 g/mol. The van der Waals surface area contributed by atoms with Crippen LogP contribution in [0.1, 0.15) is 0 Å². The molecule has 0 spiro atoms. The fourth-order valence-electron chi connectivity index (χ4n) is 2.00. The lowest BCUT2D eigenvalue weighted by Gasteiger charge is -2.05. The number of rotatable bonds is 4. The Morgan fingerprint density at radius 3 is 2.58 bits per heavy atom. The lowest BCUT2D eigenvalue weighted by Crippen LogP contribution is -2.19. The molecule has 0 aliphatic rings. The molecule has 1 aromatic heterocycles. The third kappa shape index (κ3) is 3.81. The maximum atomic E-state index is 12.0. The molecule has 0 bridgehead atoms. The minimum absolute atomic E-state index is 0.391. The summed E-state index contributed by atoms with van der Waals surface area (Å²) in [4.78, 5) is 12.0. The number of para-hydroxylation sites is 1. The second kappa shape index (κ2) is 7.29. The van der Waals surface area contributed by atoms with Gasteiger partial charge in [0.15, 0.2) is 5.01 Å².